The third kappa shape index (κ3) is 6.61. The van der Waals surface area contributed by atoms with Crippen LogP contribution in [0.2, 0.25) is 0 Å². The van der Waals surface area contributed by atoms with Crippen molar-refractivity contribution in [3.8, 4) is 34.2 Å². The predicted octanol–water partition coefficient (Wildman–Crippen LogP) is 5.70. The molecule has 0 amide bonds. The van der Waals surface area contributed by atoms with Gasteiger partial charge >= 0.3 is 0 Å². The molecule has 2 atom stereocenters. The molecule has 0 saturated carbocycles. The molecule has 4 rings (SSSR count). The molecular weight excluding hydrogens is 488 g/mol. The number of thioether (sulfide) groups is 1. The number of hydrogen-bond acceptors (Lipinski definition) is 6. The number of nitriles is 1. The highest BCUT2D eigenvalue weighted by molar-refractivity contribution is 7.99. The molecule has 36 heavy (non-hydrogen) atoms. The maximum absolute atomic E-state index is 12.6. The summed E-state index contributed by atoms with van der Waals surface area (Å²) in [6, 6.07) is 31.2. The molecule has 2 unspecified atom stereocenters. The van der Waals surface area contributed by atoms with Crippen molar-refractivity contribution in [2.75, 3.05) is 18.6 Å². The second kappa shape index (κ2) is 12.5. The van der Waals surface area contributed by atoms with Crippen LogP contribution in [0.15, 0.2) is 96.0 Å². The van der Waals surface area contributed by atoms with Gasteiger partial charge in [0, 0.05) is 33.4 Å². The van der Waals surface area contributed by atoms with Crippen LogP contribution in [0, 0.1) is 11.3 Å². The fourth-order valence-electron chi connectivity index (χ4n) is 3.75. The summed E-state index contributed by atoms with van der Waals surface area (Å²) in [7, 11) is 0.422. The van der Waals surface area contributed by atoms with E-state index in [2.05, 4.69) is 6.07 Å². The molecule has 0 bridgehead atoms. The molecule has 0 aliphatic rings. The predicted molar refractivity (Wildman–Crippen MR) is 146 cm³/mol. The number of hydrogen-bond donors (Lipinski definition) is 1. The Kier molecular flexibility index (Phi) is 8.90. The van der Waals surface area contributed by atoms with E-state index in [0.717, 1.165) is 33.7 Å². The van der Waals surface area contributed by atoms with Crippen LogP contribution in [-0.4, -0.2) is 39.0 Å². The van der Waals surface area contributed by atoms with E-state index in [1.807, 2.05) is 91.0 Å². The lowest BCUT2D eigenvalue weighted by Gasteiger charge is -2.14. The van der Waals surface area contributed by atoms with E-state index in [0.29, 0.717) is 16.3 Å². The SMILES string of the molecule is COc1ccc(-c2cc(-c3ccccc3)c(C#N)c(SCC(O)CS(=O)Cc3ccccc3)n2)cc1. The number of methoxy groups -OCH3 is 1. The Morgan fingerprint density at radius 2 is 1.67 bits per heavy atom. The molecule has 0 radical (unpaired) electrons. The average Bonchev–Trinajstić information content (AvgIpc) is 2.92. The number of pyridine rings is 1. The number of aliphatic hydroxyl groups is 1. The maximum atomic E-state index is 12.6. The first-order valence-corrected chi connectivity index (χ1v) is 13.9. The van der Waals surface area contributed by atoms with Gasteiger partial charge in [-0.3, -0.25) is 4.21 Å². The zero-order chi connectivity index (χ0) is 25.3. The highest BCUT2D eigenvalue weighted by Crippen LogP contribution is 2.34. The summed E-state index contributed by atoms with van der Waals surface area (Å²) >= 11 is 1.31. The number of ether oxygens (including phenoxy) is 1. The fourth-order valence-corrected chi connectivity index (χ4v) is 6.06. The number of rotatable bonds is 10. The fraction of sp³-hybridized carbons (Fsp3) is 0.172. The van der Waals surface area contributed by atoms with E-state index in [4.69, 9.17) is 9.72 Å². The highest BCUT2D eigenvalue weighted by Gasteiger charge is 2.18. The van der Waals surface area contributed by atoms with Gasteiger partial charge in [-0.1, -0.05) is 60.7 Å². The van der Waals surface area contributed by atoms with E-state index in [1.54, 1.807) is 7.11 Å². The van der Waals surface area contributed by atoms with E-state index >= 15 is 0 Å². The quantitative estimate of drug-likeness (QED) is 0.274. The maximum Gasteiger partial charge on any atom is 0.118 e. The monoisotopic (exact) mass is 514 g/mol. The molecule has 1 aromatic heterocycles. The average molecular weight is 515 g/mol. The van der Waals surface area contributed by atoms with Crippen LogP contribution in [-0.2, 0) is 16.6 Å². The normalized spacial score (nSPS) is 12.5. The minimum Gasteiger partial charge on any atom is -0.497 e. The van der Waals surface area contributed by atoms with Crippen molar-refractivity contribution in [3.63, 3.8) is 0 Å². The number of aliphatic hydroxyl groups excluding tert-OH is 1. The summed E-state index contributed by atoms with van der Waals surface area (Å²) in [6.45, 7) is 0. The van der Waals surface area contributed by atoms with Crippen molar-refractivity contribution in [1.82, 2.24) is 4.98 Å². The Bertz CT molecular complexity index is 1360. The molecular formula is C29H26N2O3S2. The largest absolute Gasteiger partial charge is 0.497 e. The minimum atomic E-state index is -1.20. The third-order valence-corrected chi connectivity index (χ3v) is 8.06. The zero-order valence-electron chi connectivity index (χ0n) is 19.8. The summed E-state index contributed by atoms with van der Waals surface area (Å²) < 4.78 is 17.8. The van der Waals surface area contributed by atoms with Crippen molar-refractivity contribution in [1.29, 1.82) is 5.26 Å². The summed E-state index contributed by atoms with van der Waals surface area (Å²) in [6.07, 6.45) is -0.794. The number of benzene rings is 3. The number of aromatic nitrogens is 1. The van der Waals surface area contributed by atoms with Gasteiger partial charge in [-0.2, -0.15) is 5.26 Å². The van der Waals surface area contributed by atoms with Crippen molar-refractivity contribution in [2.24, 2.45) is 0 Å². The Morgan fingerprint density at radius 3 is 2.31 bits per heavy atom. The van der Waals surface area contributed by atoms with Crippen LogP contribution < -0.4 is 4.74 Å². The molecule has 182 valence electrons. The Balaban J connectivity index is 1.58. The van der Waals surface area contributed by atoms with Crippen molar-refractivity contribution in [3.05, 3.63) is 102 Å². The van der Waals surface area contributed by atoms with Crippen LogP contribution in [0.5, 0.6) is 5.75 Å². The van der Waals surface area contributed by atoms with Gasteiger partial charge < -0.3 is 9.84 Å². The third-order valence-electron chi connectivity index (χ3n) is 5.53. The van der Waals surface area contributed by atoms with Crippen molar-refractivity contribution in [2.45, 2.75) is 16.9 Å². The summed E-state index contributed by atoms with van der Waals surface area (Å²) in [5, 5.41) is 21.2. The first-order chi connectivity index (χ1) is 17.6. The van der Waals surface area contributed by atoms with Crippen LogP contribution in [0.4, 0.5) is 0 Å². The van der Waals surface area contributed by atoms with Gasteiger partial charge in [0.1, 0.15) is 16.8 Å². The summed E-state index contributed by atoms with van der Waals surface area (Å²) in [4.78, 5) is 4.79. The molecule has 3 aromatic carbocycles. The van der Waals surface area contributed by atoms with Gasteiger partial charge in [-0.15, -0.1) is 11.8 Å². The number of nitrogens with zero attached hydrogens (tertiary/aromatic N) is 2. The molecule has 7 heteroatoms. The molecule has 5 nitrogen and oxygen atoms in total. The summed E-state index contributed by atoms with van der Waals surface area (Å²) in [5.41, 5.74) is 4.75. The first-order valence-electron chi connectivity index (χ1n) is 11.4. The standard InChI is InChI=1S/C29H26N2O3S2/c1-34-25-14-12-23(13-15-25)28-16-26(22-10-6-3-7-11-22)27(17-30)29(31-28)35-18-24(32)20-36(33)19-21-8-4-2-5-9-21/h2-16,24,32H,18-20H2,1H3. The van der Waals surface area contributed by atoms with Gasteiger partial charge in [0.05, 0.1) is 30.2 Å². The van der Waals surface area contributed by atoms with Gasteiger partial charge in [0.25, 0.3) is 0 Å². The van der Waals surface area contributed by atoms with Gasteiger partial charge in [-0.25, -0.2) is 4.98 Å². The van der Waals surface area contributed by atoms with Crippen LogP contribution >= 0.6 is 11.8 Å². The van der Waals surface area contributed by atoms with Crippen LogP contribution in [0.3, 0.4) is 0 Å². The highest BCUT2D eigenvalue weighted by atomic mass is 32.2. The molecule has 0 aliphatic carbocycles. The second-order valence-corrected chi connectivity index (χ2v) is 10.7. The van der Waals surface area contributed by atoms with E-state index < -0.39 is 16.9 Å². The van der Waals surface area contributed by atoms with Crippen molar-refractivity contribution >= 4 is 22.6 Å². The van der Waals surface area contributed by atoms with Crippen LogP contribution in [0.25, 0.3) is 22.4 Å². The van der Waals surface area contributed by atoms with E-state index in [-0.39, 0.29) is 11.5 Å². The molecule has 0 spiro atoms. The second-order valence-electron chi connectivity index (χ2n) is 8.14. The van der Waals surface area contributed by atoms with Gasteiger partial charge in [-0.05, 0) is 41.5 Å². The van der Waals surface area contributed by atoms with Crippen LogP contribution in [0.1, 0.15) is 11.1 Å². The van der Waals surface area contributed by atoms with Gasteiger partial charge in [0.15, 0.2) is 0 Å². The lowest BCUT2D eigenvalue weighted by Crippen LogP contribution is -2.20. The molecule has 0 fully saturated rings. The molecule has 1 N–H and O–H groups in total. The molecule has 0 aliphatic heterocycles. The van der Waals surface area contributed by atoms with Crippen molar-refractivity contribution < 1.29 is 14.1 Å². The topological polar surface area (TPSA) is 83.2 Å². The van der Waals surface area contributed by atoms with E-state index in [9.17, 15) is 14.6 Å². The molecule has 1 heterocycles. The Morgan fingerprint density at radius 1 is 1.00 bits per heavy atom. The lowest BCUT2D eigenvalue weighted by molar-refractivity contribution is 0.224. The zero-order valence-corrected chi connectivity index (χ0v) is 21.5. The Hall–Kier alpha value is -3.44. The van der Waals surface area contributed by atoms with Gasteiger partial charge in [0.2, 0.25) is 0 Å². The molecule has 4 aromatic rings. The Labute approximate surface area is 218 Å². The summed E-state index contributed by atoms with van der Waals surface area (Å²) in [5.74, 6) is 1.59. The first kappa shape index (κ1) is 25.6. The smallest absolute Gasteiger partial charge is 0.118 e. The van der Waals surface area contributed by atoms with E-state index in [1.165, 1.54) is 11.8 Å². The lowest BCUT2D eigenvalue weighted by atomic mass is 9.99. The minimum absolute atomic E-state index is 0.160. The molecule has 0 saturated heterocycles.